The van der Waals surface area contributed by atoms with Crippen LogP contribution in [0.3, 0.4) is 0 Å². The normalized spacial score (nSPS) is 12.5. The molecule has 0 bridgehead atoms. The van der Waals surface area contributed by atoms with Crippen molar-refractivity contribution in [1.82, 2.24) is 4.37 Å². The molecule has 20 heavy (non-hydrogen) atoms. The Morgan fingerprint density at radius 3 is 2.25 bits per heavy atom. The minimum absolute atomic E-state index is 0.00120. The van der Waals surface area contributed by atoms with Gasteiger partial charge in [-0.2, -0.15) is 4.37 Å². The quantitative estimate of drug-likeness (QED) is 0.369. The van der Waals surface area contributed by atoms with Gasteiger partial charge in [-0.05, 0) is 50.2 Å². The van der Waals surface area contributed by atoms with Crippen molar-refractivity contribution < 1.29 is 0 Å². The molecule has 0 fully saturated rings. The maximum absolute atomic E-state index is 8.69. The van der Waals surface area contributed by atoms with Crippen LogP contribution in [0.2, 0.25) is 0 Å². The molecule has 0 aliphatic heterocycles. The highest BCUT2D eigenvalue weighted by atomic mass is 32.1. The summed E-state index contributed by atoms with van der Waals surface area (Å²) in [7, 11) is 0. The lowest BCUT2D eigenvalue weighted by Crippen LogP contribution is -2.16. The molecule has 0 aliphatic carbocycles. The van der Waals surface area contributed by atoms with Gasteiger partial charge in [-0.25, -0.2) is 0 Å². The van der Waals surface area contributed by atoms with Gasteiger partial charge in [0.05, 0.1) is 5.52 Å². The van der Waals surface area contributed by atoms with Crippen LogP contribution in [-0.2, 0) is 10.8 Å². The van der Waals surface area contributed by atoms with Crippen molar-refractivity contribution in [2.45, 2.75) is 52.4 Å². The number of hydrogen-bond acceptors (Lipinski definition) is 3. The summed E-state index contributed by atoms with van der Waals surface area (Å²) in [4.78, 5) is 2.91. The maximum atomic E-state index is 8.69. The van der Waals surface area contributed by atoms with Gasteiger partial charge in [-0.1, -0.05) is 47.6 Å². The number of rotatable bonds is 1. The van der Waals surface area contributed by atoms with Gasteiger partial charge in [0.2, 0.25) is 0 Å². The average molecular weight is 288 g/mol. The number of aromatic nitrogens is 1. The molecule has 106 valence electrons. The minimum Gasteiger partial charge on any atom is -0.192 e. The maximum Gasteiger partial charge on any atom is 0.119 e. The monoisotopic (exact) mass is 288 g/mol. The number of fused-ring (bicyclic) bond motifs is 1. The fourth-order valence-electron chi connectivity index (χ4n) is 2.15. The predicted molar refractivity (Wildman–Crippen MR) is 85.8 cm³/mol. The molecule has 0 spiro atoms. The van der Waals surface area contributed by atoms with E-state index in [9.17, 15) is 0 Å². The van der Waals surface area contributed by atoms with Gasteiger partial charge in [0.15, 0.2) is 0 Å². The van der Waals surface area contributed by atoms with E-state index in [-0.39, 0.29) is 10.8 Å². The van der Waals surface area contributed by atoms with E-state index in [1.807, 2.05) is 0 Å². The molecule has 0 amide bonds. The Labute approximate surface area is 123 Å². The van der Waals surface area contributed by atoms with Gasteiger partial charge in [0.25, 0.3) is 0 Å². The van der Waals surface area contributed by atoms with Gasteiger partial charge in [0, 0.05) is 10.3 Å². The molecule has 0 aliphatic rings. The Morgan fingerprint density at radius 1 is 1.10 bits per heavy atom. The molecule has 0 atom stereocenters. The van der Waals surface area contributed by atoms with E-state index in [0.29, 0.717) is 5.00 Å². The van der Waals surface area contributed by atoms with Crippen LogP contribution in [0.5, 0.6) is 0 Å². The summed E-state index contributed by atoms with van der Waals surface area (Å²) < 4.78 is 4.50. The highest BCUT2D eigenvalue weighted by Crippen LogP contribution is 2.40. The van der Waals surface area contributed by atoms with Crippen LogP contribution < -0.4 is 0 Å². The van der Waals surface area contributed by atoms with Crippen molar-refractivity contribution in [2.24, 2.45) is 5.11 Å². The van der Waals surface area contributed by atoms with Crippen LogP contribution in [0.15, 0.2) is 17.2 Å². The molecular formula is C15H20N4S. The second-order valence-corrected chi connectivity index (χ2v) is 7.85. The van der Waals surface area contributed by atoms with E-state index in [0.717, 1.165) is 10.9 Å². The SMILES string of the molecule is CC(C)(C)c1cc(C(C)(C)C)c2nsc(N=[N+]=[N-])c2c1. The highest BCUT2D eigenvalue weighted by Gasteiger charge is 2.24. The van der Waals surface area contributed by atoms with Crippen LogP contribution in [0, 0.1) is 0 Å². The van der Waals surface area contributed by atoms with Crippen LogP contribution in [0.1, 0.15) is 52.7 Å². The van der Waals surface area contributed by atoms with E-state index in [2.05, 4.69) is 68.1 Å². The number of nitrogens with zero attached hydrogens (tertiary/aromatic N) is 4. The Hall–Kier alpha value is -1.58. The summed E-state index contributed by atoms with van der Waals surface area (Å²) in [5, 5.41) is 5.39. The Balaban J connectivity index is 2.87. The zero-order valence-corrected chi connectivity index (χ0v) is 13.7. The van der Waals surface area contributed by atoms with E-state index in [1.165, 1.54) is 22.7 Å². The van der Waals surface area contributed by atoms with Crippen molar-refractivity contribution >= 4 is 27.4 Å². The Kier molecular flexibility index (Phi) is 3.53. The predicted octanol–water partition coefficient (Wildman–Crippen LogP) is 5.83. The van der Waals surface area contributed by atoms with Gasteiger partial charge >= 0.3 is 0 Å². The van der Waals surface area contributed by atoms with Crippen molar-refractivity contribution in [1.29, 1.82) is 0 Å². The lowest BCUT2D eigenvalue weighted by atomic mass is 9.79. The molecular weight excluding hydrogens is 268 g/mol. The van der Waals surface area contributed by atoms with Crippen molar-refractivity contribution in [3.05, 3.63) is 33.7 Å². The molecule has 0 saturated carbocycles. The molecule has 0 N–H and O–H groups in total. The summed E-state index contributed by atoms with van der Waals surface area (Å²) in [5.41, 5.74) is 12.1. The van der Waals surface area contributed by atoms with Crippen molar-refractivity contribution in [2.75, 3.05) is 0 Å². The Bertz CT molecular complexity index is 695. The lowest BCUT2D eigenvalue weighted by molar-refractivity contribution is 0.572. The van der Waals surface area contributed by atoms with Gasteiger partial charge in [-0.3, -0.25) is 0 Å². The molecule has 0 saturated heterocycles. The third-order valence-electron chi connectivity index (χ3n) is 3.37. The van der Waals surface area contributed by atoms with Crippen molar-refractivity contribution in [3.63, 3.8) is 0 Å². The summed E-state index contributed by atoms with van der Waals surface area (Å²) in [5.74, 6) is 0. The fraction of sp³-hybridized carbons (Fsp3) is 0.533. The molecule has 4 nitrogen and oxygen atoms in total. The largest absolute Gasteiger partial charge is 0.192 e. The second-order valence-electron chi connectivity index (χ2n) is 7.10. The topological polar surface area (TPSA) is 61.7 Å². The molecule has 2 aromatic rings. The zero-order valence-electron chi connectivity index (χ0n) is 12.9. The molecule has 2 rings (SSSR count). The van der Waals surface area contributed by atoms with Crippen LogP contribution in [0.4, 0.5) is 5.00 Å². The van der Waals surface area contributed by atoms with Gasteiger partial charge in [0.1, 0.15) is 5.00 Å². The third-order valence-corrected chi connectivity index (χ3v) is 4.12. The van der Waals surface area contributed by atoms with E-state index in [1.54, 1.807) is 0 Å². The first-order valence-corrected chi connectivity index (χ1v) is 7.41. The van der Waals surface area contributed by atoms with Gasteiger partial charge < -0.3 is 0 Å². The fourth-order valence-corrected chi connectivity index (χ4v) is 2.85. The average Bonchev–Trinajstić information content (AvgIpc) is 2.69. The highest BCUT2D eigenvalue weighted by molar-refractivity contribution is 7.11. The van der Waals surface area contributed by atoms with E-state index in [4.69, 9.17) is 5.53 Å². The first-order chi connectivity index (χ1) is 9.14. The van der Waals surface area contributed by atoms with Gasteiger partial charge in [-0.15, -0.1) is 0 Å². The molecule has 1 aromatic heterocycles. The lowest BCUT2D eigenvalue weighted by Gasteiger charge is -2.25. The summed E-state index contributed by atoms with van der Waals surface area (Å²) in [6.45, 7) is 13.1. The first kappa shape index (κ1) is 14.8. The van der Waals surface area contributed by atoms with E-state index >= 15 is 0 Å². The zero-order chi connectivity index (χ0) is 15.1. The number of azide groups is 1. The smallest absolute Gasteiger partial charge is 0.119 e. The minimum atomic E-state index is 0.00120. The standard InChI is InChI=1S/C15H20N4S/c1-14(2,3)9-7-10-12(11(8-9)15(4,5)6)18-20-13(10)17-19-16/h7-8H,1-6H3. The third kappa shape index (κ3) is 2.65. The molecule has 0 radical (unpaired) electrons. The van der Waals surface area contributed by atoms with Crippen LogP contribution in [-0.4, -0.2) is 4.37 Å². The van der Waals surface area contributed by atoms with Crippen LogP contribution in [0.25, 0.3) is 21.3 Å². The molecule has 1 heterocycles. The molecule has 0 unspecified atom stereocenters. The first-order valence-electron chi connectivity index (χ1n) is 6.64. The molecule has 1 aromatic carbocycles. The Morgan fingerprint density at radius 2 is 1.75 bits per heavy atom. The van der Waals surface area contributed by atoms with Crippen LogP contribution >= 0.6 is 11.5 Å². The van der Waals surface area contributed by atoms with Crippen molar-refractivity contribution in [3.8, 4) is 0 Å². The summed E-state index contributed by atoms with van der Waals surface area (Å²) >= 11 is 1.27. The summed E-state index contributed by atoms with van der Waals surface area (Å²) in [6, 6.07) is 4.35. The summed E-state index contributed by atoms with van der Waals surface area (Å²) in [6.07, 6.45) is 0. The molecule has 5 heteroatoms. The van der Waals surface area contributed by atoms with E-state index < -0.39 is 0 Å². The second kappa shape index (κ2) is 4.76. The number of benzene rings is 1. The number of hydrogen-bond donors (Lipinski definition) is 0.